The molecule has 0 heterocycles. The highest BCUT2D eigenvalue weighted by Gasteiger charge is 2.18. The monoisotopic (exact) mass is 265 g/mol. The molecule has 1 aromatic rings. The zero-order chi connectivity index (χ0) is 14.6. The van der Waals surface area contributed by atoms with Gasteiger partial charge in [-0.3, -0.25) is 4.79 Å². The summed E-state index contributed by atoms with van der Waals surface area (Å²) in [5, 5.41) is 0. The van der Waals surface area contributed by atoms with Gasteiger partial charge in [0.15, 0.2) is 0 Å². The fraction of sp³-hybridized carbons (Fsp3) is 0.429. The Balaban J connectivity index is 2.88. The summed E-state index contributed by atoms with van der Waals surface area (Å²) in [7, 11) is 1.30. The van der Waals surface area contributed by atoms with E-state index in [1.807, 2.05) is 0 Å². The van der Waals surface area contributed by atoms with Crippen molar-refractivity contribution in [2.75, 3.05) is 12.8 Å². The standard InChI is InChI=1S/C14H19NO4/c1-14(2,3)19-12(16)8-10-7-9(13(17)18-4)5-6-11(10)15/h5-7H,8,15H2,1-4H3. The Morgan fingerprint density at radius 1 is 1.26 bits per heavy atom. The first kappa shape index (κ1) is 15.0. The Morgan fingerprint density at radius 3 is 2.42 bits per heavy atom. The maximum atomic E-state index is 11.7. The summed E-state index contributed by atoms with van der Waals surface area (Å²) >= 11 is 0. The van der Waals surface area contributed by atoms with Gasteiger partial charge < -0.3 is 15.2 Å². The van der Waals surface area contributed by atoms with Crippen LogP contribution in [-0.4, -0.2) is 24.6 Å². The average Bonchev–Trinajstić information content (AvgIpc) is 2.28. The molecule has 19 heavy (non-hydrogen) atoms. The molecule has 1 aromatic carbocycles. The summed E-state index contributed by atoms with van der Waals surface area (Å²) in [6, 6.07) is 4.68. The van der Waals surface area contributed by atoms with Gasteiger partial charge in [0.1, 0.15) is 5.60 Å². The lowest BCUT2D eigenvalue weighted by atomic mass is 10.1. The number of hydrogen-bond acceptors (Lipinski definition) is 5. The van der Waals surface area contributed by atoms with E-state index in [9.17, 15) is 9.59 Å². The maximum absolute atomic E-state index is 11.7. The van der Waals surface area contributed by atoms with Crippen LogP contribution in [0.4, 0.5) is 5.69 Å². The van der Waals surface area contributed by atoms with Crippen LogP contribution < -0.4 is 5.73 Å². The molecule has 0 unspecified atom stereocenters. The normalized spacial score (nSPS) is 10.9. The largest absolute Gasteiger partial charge is 0.465 e. The van der Waals surface area contributed by atoms with E-state index >= 15 is 0 Å². The highest BCUT2D eigenvalue weighted by Crippen LogP contribution is 2.17. The second-order valence-corrected chi connectivity index (χ2v) is 5.17. The molecule has 0 spiro atoms. The lowest BCUT2D eigenvalue weighted by Gasteiger charge is -2.19. The van der Waals surface area contributed by atoms with Crippen molar-refractivity contribution in [2.45, 2.75) is 32.8 Å². The van der Waals surface area contributed by atoms with E-state index in [4.69, 9.17) is 10.5 Å². The van der Waals surface area contributed by atoms with E-state index in [2.05, 4.69) is 4.74 Å². The molecule has 104 valence electrons. The summed E-state index contributed by atoms with van der Waals surface area (Å²) < 4.78 is 9.83. The third kappa shape index (κ3) is 4.62. The predicted octanol–water partition coefficient (Wildman–Crippen LogP) is 1.94. The minimum absolute atomic E-state index is 0.0218. The first-order valence-corrected chi connectivity index (χ1v) is 5.91. The molecule has 0 bridgehead atoms. The van der Waals surface area contributed by atoms with Crippen LogP contribution in [0.2, 0.25) is 0 Å². The van der Waals surface area contributed by atoms with Crippen molar-refractivity contribution >= 4 is 17.6 Å². The number of nitrogen functional groups attached to an aromatic ring is 1. The third-order valence-electron chi connectivity index (χ3n) is 2.32. The number of anilines is 1. The molecule has 0 aliphatic heterocycles. The molecule has 0 aliphatic carbocycles. The van der Waals surface area contributed by atoms with Gasteiger partial charge in [-0.1, -0.05) is 0 Å². The van der Waals surface area contributed by atoms with Gasteiger partial charge in [0, 0.05) is 5.69 Å². The van der Waals surface area contributed by atoms with Gasteiger partial charge in [-0.2, -0.15) is 0 Å². The number of esters is 2. The average molecular weight is 265 g/mol. The Morgan fingerprint density at radius 2 is 1.89 bits per heavy atom. The Hall–Kier alpha value is -2.04. The number of methoxy groups -OCH3 is 1. The molecule has 0 aliphatic rings. The molecule has 0 radical (unpaired) electrons. The predicted molar refractivity (Wildman–Crippen MR) is 71.7 cm³/mol. The van der Waals surface area contributed by atoms with Crippen LogP contribution in [0.1, 0.15) is 36.7 Å². The molecule has 5 nitrogen and oxygen atoms in total. The van der Waals surface area contributed by atoms with Crippen LogP contribution in [-0.2, 0) is 20.7 Å². The number of carbonyl (C=O) groups excluding carboxylic acids is 2. The molecular formula is C14H19NO4. The van der Waals surface area contributed by atoms with E-state index in [-0.39, 0.29) is 12.4 Å². The molecule has 0 saturated heterocycles. The van der Waals surface area contributed by atoms with Crippen LogP contribution in [0.5, 0.6) is 0 Å². The van der Waals surface area contributed by atoms with Gasteiger partial charge in [-0.15, -0.1) is 0 Å². The van der Waals surface area contributed by atoms with E-state index in [0.717, 1.165) is 0 Å². The van der Waals surface area contributed by atoms with E-state index in [1.165, 1.54) is 7.11 Å². The molecular weight excluding hydrogens is 246 g/mol. The molecule has 0 amide bonds. The Kier molecular flexibility index (Phi) is 4.53. The van der Waals surface area contributed by atoms with Crippen molar-refractivity contribution in [1.29, 1.82) is 0 Å². The van der Waals surface area contributed by atoms with Gasteiger partial charge in [0.2, 0.25) is 0 Å². The van der Waals surface area contributed by atoms with E-state index < -0.39 is 11.6 Å². The summed E-state index contributed by atoms with van der Waals surface area (Å²) in [6.45, 7) is 5.37. The summed E-state index contributed by atoms with van der Waals surface area (Å²) in [4.78, 5) is 23.1. The molecule has 1 rings (SSSR count). The highest BCUT2D eigenvalue weighted by atomic mass is 16.6. The molecule has 0 saturated carbocycles. The quantitative estimate of drug-likeness (QED) is 0.667. The molecule has 0 atom stereocenters. The van der Waals surface area contributed by atoms with Crippen LogP contribution in [0.3, 0.4) is 0 Å². The van der Waals surface area contributed by atoms with Crippen LogP contribution >= 0.6 is 0 Å². The van der Waals surface area contributed by atoms with Gasteiger partial charge in [-0.05, 0) is 44.5 Å². The van der Waals surface area contributed by atoms with E-state index in [1.54, 1.807) is 39.0 Å². The van der Waals surface area contributed by atoms with Crippen molar-refractivity contribution in [3.05, 3.63) is 29.3 Å². The van der Waals surface area contributed by atoms with Crippen molar-refractivity contribution < 1.29 is 19.1 Å². The number of hydrogen-bond donors (Lipinski definition) is 1. The number of ether oxygens (including phenoxy) is 2. The summed E-state index contributed by atoms with van der Waals surface area (Å²) in [5.74, 6) is -0.855. The fourth-order valence-corrected chi connectivity index (χ4v) is 1.54. The first-order valence-electron chi connectivity index (χ1n) is 5.91. The van der Waals surface area contributed by atoms with Gasteiger partial charge in [-0.25, -0.2) is 4.79 Å². The minimum Gasteiger partial charge on any atom is -0.465 e. The van der Waals surface area contributed by atoms with Crippen LogP contribution in [0, 0.1) is 0 Å². The maximum Gasteiger partial charge on any atom is 0.337 e. The third-order valence-corrected chi connectivity index (χ3v) is 2.32. The van der Waals surface area contributed by atoms with Crippen molar-refractivity contribution in [3.63, 3.8) is 0 Å². The van der Waals surface area contributed by atoms with Crippen molar-refractivity contribution in [2.24, 2.45) is 0 Å². The van der Waals surface area contributed by atoms with Crippen LogP contribution in [0.25, 0.3) is 0 Å². The zero-order valence-electron chi connectivity index (χ0n) is 11.6. The van der Waals surface area contributed by atoms with Crippen LogP contribution in [0.15, 0.2) is 18.2 Å². The zero-order valence-corrected chi connectivity index (χ0v) is 11.6. The number of carbonyl (C=O) groups is 2. The highest BCUT2D eigenvalue weighted by molar-refractivity contribution is 5.90. The molecule has 0 aromatic heterocycles. The lowest BCUT2D eigenvalue weighted by Crippen LogP contribution is -2.25. The SMILES string of the molecule is COC(=O)c1ccc(N)c(CC(=O)OC(C)(C)C)c1. The van der Waals surface area contributed by atoms with Gasteiger partial charge >= 0.3 is 11.9 Å². The second kappa shape index (κ2) is 5.73. The van der Waals surface area contributed by atoms with Gasteiger partial charge in [0.05, 0.1) is 19.1 Å². The van der Waals surface area contributed by atoms with Gasteiger partial charge in [0.25, 0.3) is 0 Å². The second-order valence-electron chi connectivity index (χ2n) is 5.17. The molecule has 2 N–H and O–H groups in total. The molecule has 5 heteroatoms. The summed E-state index contributed by atoms with van der Waals surface area (Å²) in [5.41, 5.74) is 6.59. The smallest absolute Gasteiger partial charge is 0.337 e. The molecule has 0 fully saturated rings. The van der Waals surface area contributed by atoms with Crippen molar-refractivity contribution in [3.8, 4) is 0 Å². The number of rotatable bonds is 3. The minimum atomic E-state index is -0.550. The number of nitrogens with two attached hydrogens (primary N) is 1. The lowest BCUT2D eigenvalue weighted by molar-refractivity contribution is -0.153. The number of benzene rings is 1. The Bertz CT molecular complexity index is 489. The first-order chi connectivity index (χ1) is 8.73. The summed E-state index contributed by atoms with van der Waals surface area (Å²) in [6.07, 6.45) is 0.0218. The fourth-order valence-electron chi connectivity index (χ4n) is 1.54. The van der Waals surface area contributed by atoms with Crippen molar-refractivity contribution in [1.82, 2.24) is 0 Å². The topological polar surface area (TPSA) is 78.6 Å². The van der Waals surface area contributed by atoms with E-state index in [0.29, 0.717) is 16.8 Å². The Labute approximate surface area is 112 Å².